The van der Waals surface area contributed by atoms with Crippen LogP contribution >= 0.6 is 0 Å². The van der Waals surface area contributed by atoms with Crippen LogP contribution in [0.25, 0.3) is 0 Å². The number of ether oxygens (including phenoxy) is 2. The average molecular weight is 327 g/mol. The second-order valence-corrected chi connectivity index (χ2v) is 5.25. The number of aldehydes is 1. The molecule has 126 valence electrons. The lowest BCUT2D eigenvalue weighted by Crippen LogP contribution is -2.25. The zero-order chi connectivity index (χ0) is 17.4. The molecule has 0 spiro atoms. The van der Waals surface area contributed by atoms with Crippen molar-refractivity contribution in [3.8, 4) is 11.5 Å². The molecule has 2 aromatic rings. The van der Waals surface area contributed by atoms with Crippen LogP contribution in [0.2, 0.25) is 0 Å². The van der Waals surface area contributed by atoms with E-state index >= 15 is 0 Å². The van der Waals surface area contributed by atoms with E-state index in [1.165, 1.54) is 18.1 Å². The highest BCUT2D eigenvalue weighted by molar-refractivity contribution is 5.95. The Hall–Kier alpha value is -2.82. The maximum absolute atomic E-state index is 11.3. The largest absolute Gasteiger partial charge is 0.497 e. The van der Waals surface area contributed by atoms with Crippen LogP contribution in [0.5, 0.6) is 11.5 Å². The number of carbonyl (C=O) groups is 2. The van der Waals surface area contributed by atoms with E-state index in [4.69, 9.17) is 14.3 Å². The summed E-state index contributed by atoms with van der Waals surface area (Å²) in [6, 6.07) is 14.0. The molecular formula is C19H21NO4. The Labute approximate surface area is 141 Å². The maximum Gasteiger partial charge on any atom is 0.262 e. The van der Waals surface area contributed by atoms with E-state index in [1.54, 1.807) is 7.11 Å². The van der Waals surface area contributed by atoms with E-state index < -0.39 is 0 Å². The number of anilines is 1. The first-order valence-electron chi connectivity index (χ1n) is 7.74. The SMILES string of the molecule is CC=O.COc1cccc(CCc2ccc3c(c2)NC(=O)CO3)c1. The molecule has 0 unspecified atom stereocenters. The molecule has 1 aliphatic heterocycles. The summed E-state index contributed by atoms with van der Waals surface area (Å²) in [6.45, 7) is 1.54. The number of hydrogen-bond donors (Lipinski definition) is 1. The number of aryl methyl sites for hydroxylation is 2. The van der Waals surface area contributed by atoms with Gasteiger partial charge in [-0.05, 0) is 55.2 Å². The number of hydrogen-bond acceptors (Lipinski definition) is 4. The van der Waals surface area contributed by atoms with Gasteiger partial charge in [-0.15, -0.1) is 0 Å². The molecule has 0 aromatic heterocycles. The fourth-order valence-corrected chi connectivity index (χ4v) is 2.40. The van der Waals surface area contributed by atoms with Gasteiger partial charge < -0.3 is 19.6 Å². The van der Waals surface area contributed by atoms with Crippen LogP contribution in [0.3, 0.4) is 0 Å². The van der Waals surface area contributed by atoms with Crippen molar-refractivity contribution in [1.29, 1.82) is 0 Å². The van der Waals surface area contributed by atoms with Crippen molar-refractivity contribution >= 4 is 17.9 Å². The molecule has 3 rings (SSSR count). The normalized spacial score (nSPS) is 12.0. The zero-order valence-corrected chi connectivity index (χ0v) is 13.9. The molecule has 0 fully saturated rings. The zero-order valence-electron chi connectivity index (χ0n) is 13.9. The minimum absolute atomic E-state index is 0.0934. The smallest absolute Gasteiger partial charge is 0.262 e. The molecule has 1 heterocycles. The first kappa shape index (κ1) is 17.5. The molecule has 1 N–H and O–H groups in total. The Bertz CT molecular complexity index is 712. The van der Waals surface area contributed by atoms with Crippen LogP contribution in [0.4, 0.5) is 5.69 Å². The molecule has 5 heteroatoms. The molecular weight excluding hydrogens is 306 g/mol. The van der Waals surface area contributed by atoms with Crippen LogP contribution in [0.1, 0.15) is 18.1 Å². The molecule has 24 heavy (non-hydrogen) atoms. The Morgan fingerprint density at radius 3 is 2.58 bits per heavy atom. The van der Waals surface area contributed by atoms with Crippen molar-refractivity contribution in [3.63, 3.8) is 0 Å². The number of methoxy groups -OCH3 is 1. The summed E-state index contributed by atoms with van der Waals surface area (Å²) in [6.07, 6.45) is 2.57. The van der Waals surface area contributed by atoms with Crippen LogP contribution in [0.15, 0.2) is 42.5 Å². The van der Waals surface area contributed by atoms with Gasteiger partial charge in [-0.3, -0.25) is 4.79 Å². The summed E-state index contributed by atoms with van der Waals surface area (Å²) in [4.78, 5) is 20.1. The minimum Gasteiger partial charge on any atom is -0.497 e. The van der Waals surface area contributed by atoms with Crippen LogP contribution < -0.4 is 14.8 Å². The van der Waals surface area contributed by atoms with Gasteiger partial charge in [0.15, 0.2) is 6.61 Å². The Morgan fingerprint density at radius 2 is 1.88 bits per heavy atom. The Balaban J connectivity index is 0.000000647. The van der Waals surface area contributed by atoms with Crippen molar-refractivity contribution in [3.05, 3.63) is 53.6 Å². The highest BCUT2D eigenvalue weighted by Crippen LogP contribution is 2.29. The lowest BCUT2D eigenvalue weighted by atomic mass is 10.0. The third-order valence-electron chi connectivity index (χ3n) is 3.51. The fourth-order valence-electron chi connectivity index (χ4n) is 2.40. The van der Waals surface area contributed by atoms with Crippen molar-refractivity contribution in [2.24, 2.45) is 0 Å². The van der Waals surface area contributed by atoms with Crippen LogP contribution in [0, 0.1) is 0 Å². The number of rotatable bonds is 4. The third-order valence-corrected chi connectivity index (χ3v) is 3.51. The molecule has 2 aromatic carbocycles. The van der Waals surface area contributed by atoms with E-state index in [0.29, 0.717) is 0 Å². The third kappa shape index (κ3) is 4.84. The van der Waals surface area contributed by atoms with E-state index in [2.05, 4.69) is 11.4 Å². The van der Waals surface area contributed by atoms with E-state index in [-0.39, 0.29) is 12.5 Å². The van der Waals surface area contributed by atoms with Gasteiger partial charge in [0.05, 0.1) is 12.8 Å². The molecule has 5 nitrogen and oxygen atoms in total. The minimum atomic E-state index is -0.104. The summed E-state index contributed by atoms with van der Waals surface area (Å²) in [5.41, 5.74) is 3.16. The lowest BCUT2D eigenvalue weighted by molar-refractivity contribution is -0.118. The molecule has 0 saturated heterocycles. The van der Waals surface area contributed by atoms with Gasteiger partial charge in [0.2, 0.25) is 0 Å². The fraction of sp³-hybridized carbons (Fsp3) is 0.263. The monoisotopic (exact) mass is 327 g/mol. The van der Waals surface area contributed by atoms with Crippen molar-refractivity contribution in [2.75, 3.05) is 19.0 Å². The van der Waals surface area contributed by atoms with Gasteiger partial charge in [0.25, 0.3) is 5.91 Å². The predicted molar refractivity (Wildman–Crippen MR) is 92.7 cm³/mol. The Kier molecular flexibility index (Phi) is 6.37. The van der Waals surface area contributed by atoms with E-state index in [9.17, 15) is 4.79 Å². The lowest BCUT2D eigenvalue weighted by Gasteiger charge is -2.18. The van der Waals surface area contributed by atoms with E-state index in [0.717, 1.165) is 36.3 Å². The number of benzene rings is 2. The topological polar surface area (TPSA) is 64.6 Å². The van der Waals surface area contributed by atoms with Gasteiger partial charge in [-0.1, -0.05) is 18.2 Å². The van der Waals surface area contributed by atoms with Crippen LogP contribution in [-0.2, 0) is 22.4 Å². The average Bonchev–Trinajstić information content (AvgIpc) is 2.60. The quantitative estimate of drug-likeness (QED) is 0.877. The van der Waals surface area contributed by atoms with Crippen molar-refractivity contribution in [2.45, 2.75) is 19.8 Å². The number of nitrogens with one attached hydrogen (secondary N) is 1. The molecule has 1 aliphatic rings. The van der Waals surface area contributed by atoms with Crippen molar-refractivity contribution < 1.29 is 19.1 Å². The number of fused-ring (bicyclic) bond motifs is 1. The molecule has 1 amide bonds. The standard InChI is InChI=1S/C17H17NO3.C2H4O/c1-20-14-4-2-3-12(9-14)5-6-13-7-8-16-15(10-13)18-17(19)11-21-16;1-2-3/h2-4,7-10H,5-6,11H2,1H3,(H,18,19);2H,1H3. The van der Waals surface area contributed by atoms with Crippen molar-refractivity contribution in [1.82, 2.24) is 0 Å². The van der Waals surface area contributed by atoms with Gasteiger partial charge in [-0.2, -0.15) is 0 Å². The van der Waals surface area contributed by atoms with Gasteiger partial charge >= 0.3 is 0 Å². The number of carbonyl (C=O) groups excluding carboxylic acids is 2. The summed E-state index contributed by atoms with van der Waals surface area (Å²) < 4.78 is 10.6. The van der Waals surface area contributed by atoms with Crippen LogP contribution in [-0.4, -0.2) is 25.9 Å². The molecule has 0 aliphatic carbocycles. The second kappa shape index (κ2) is 8.72. The van der Waals surface area contributed by atoms with Gasteiger partial charge in [-0.25, -0.2) is 0 Å². The number of amides is 1. The summed E-state index contributed by atoms with van der Waals surface area (Å²) in [5, 5.41) is 2.83. The highest BCUT2D eigenvalue weighted by atomic mass is 16.5. The molecule has 0 bridgehead atoms. The molecule has 0 atom stereocenters. The summed E-state index contributed by atoms with van der Waals surface area (Å²) >= 11 is 0. The highest BCUT2D eigenvalue weighted by Gasteiger charge is 2.15. The van der Waals surface area contributed by atoms with Gasteiger partial charge in [0, 0.05) is 0 Å². The first-order valence-corrected chi connectivity index (χ1v) is 7.74. The summed E-state index contributed by atoms with van der Waals surface area (Å²) in [7, 11) is 1.67. The Morgan fingerprint density at radius 1 is 1.17 bits per heavy atom. The molecule has 0 radical (unpaired) electrons. The molecule has 0 saturated carbocycles. The second-order valence-electron chi connectivity index (χ2n) is 5.25. The van der Waals surface area contributed by atoms with Gasteiger partial charge in [0.1, 0.15) is 17.8 Å². The summed E-state index contributed by atoms with van der Waals surface area (Å²) in [5.74, 6) is 1.51. The van der Waals surface area contributed by atoms with E-state index in [1.807, 2.05) is 36.4 Å². The maximum atomic E-state index is 11.3. The predicted octanol–water partition coefficient (Wildman–Crippen LogP) is 3.02. The first-order chi connectivity index (χ1) is 11.7.